The van der Waals surface area contributed by atoms with Crippen LogP contribution in [0.25, 0.3) is 11.3 Å². The highest BCUT2D eigenvalue weighted by atomic mass is 16.5. The number of hydrogen-bond donors (Lipinski definition) is 0. The lowest BCUT2D eigenvalue weighted by Crippen LogP contribution is -2.34. The molecule has 27 heavy (non-hydrogen) atoms. The topological polar surface area (TPSA) is 29.3 Å². The molecule has 0 saturated carbocycles. The maximum Gasteiger partial charge on any atom is 0.143 e. The lowest BCUT2D eigenvalue weighted by molar-refractivity contribution is 0.198. The second kappa shape index (κ2) is 7.32. The number of rotatable bonds is 4. The maximum atomic E-state index is 5.91. The van der Waals surface area contributed by atoms with Crippen molar-refractivity contribution in [1.82, 2.24) is 10.1 Å². The molecule has 2 heterocycles. The molecule has 1 aliphatic carbocycles. The van der Waals surface area contributed by atoms with Gasteiger partial charge in [-0.05, 0) is 56.3 Å². The van der Waals surface area contributed by atoms with E-state index in [0.717, 1.165) is 44.6 Å². The molecule has 1 saturated heterocycles. The molecular weight excluding hydrogens is 332 g/mol. The Morgan fingerprint density at radius 2 is 1.70 bits per heavy atom. The SMILES string of the molecule is c1ccc(CCN2CCC(c3onc4c3CCc3ccccc3-4)CC2)cc1. The van der Waals surface area contributed by atoms with Gasteiger partial charge in [0.25, 0.3) is 0 Å². The molecule has 0 N–H and O–H groups in total. The lowest BCUT2D eigenvalue weighted by Gasteiger charge is -2.31. The van der Waals surface area contributed by atoms with Crippen LogP contribution in [-0.2, 0) is 19.3 Å². The van der Waals surface area contributed by atoms with Crippen molar-refractivity contribution in [3.8, 4) is 11.3 Å². The van der Waals surface area contributed by atoms with Crippen LogP contribution < -0.4 is 0 Å². The van der Waals surface area contributed by atoms with Crippen LogP contribution in [0.2, 0.25) is 0 Å². The molecule has 2 aromatic carbocycles. The smallest absolute Gasteiger partial charge is 0.143 e. The zero-order chi connectivity index (χ0) is 18.1. The normalized spacial score (nSPS) is 17.5. The first-order chi connectivity index (χ1) is 13.4. The van der Waals surface area contributed by atoms with Gasteiger partial charge < -0.3 is 9.42 Å². The number of likely N-dealkylation sites (tertiary alicyclic amines) is 1. The zero-order valence-electron chi connectivity index (χ0n) is 15.7. The maximum absolute atomic E-state index is 5.91. The summed E-state index contributed by atoms with van der Waals surface area (Å²) < 4.78 is 5.91. The fourth-order valence-corrected chi connectivity index (χ4v) is 4.68. The highest BCUT2D eigenvalue weighted by Gasteiger charge is 2.30. The summed E-state index contributed by atoms with van der Waals surface area (Å²) in [6, 6.07) is 19.4. The molecule has 3 nitrogen and oxygen atoms in total. The zero-order valence-corrected chi connectivity index (χ0v) is 15.7. The molecular formula is C24H26N2O. The number of hydrogen-bond acceptors (Lipinski definition) is 3. The third-order valence-corrected chi connectivity index (χ3v) is 6.25. The predicted molar refractivity (Wildman–Crippen MR) is 108 cm³/mol. The quantitative estimate of drug-likeness (QED) is 0.667. The summed E-state index contributed by atoms with van der Waals surface area (Å²) in [5.74, 6) is 1.70. The minimum absolute atomic E-state index is 0.527. The van der Waals surface area contributed by atoms with Gasteiger partial charge in [-0.15, -0.1) is 0 Å². The molecule has 1 aromatic heterocycles. The van der Waals surface area contributed by atoms with E-state index in [1.807, 2.05) is 0 Å². The number of aromatic nitrogens is 1. The molecule has 138 valence electrons. The van der Waals surface area contributed by atoms with E-state index in [1.165, 1.54) is 40.9 Å². The predicted octanol–water partition coefficient (Wildman–Crippen LogP) is 4.86. The van der Waals surface area contributed by atoms with Gasteiger partial charge in [0, 0.05) is 23.6 Å². The monoisotopic (exact) mass is 358 g/mol. The number of benzene rings is 2. The molecule has 0 spiro atoms. The Balaban J connectivity index is 1.24. The van der Waals surface area contributed by atoms with E-state index in [0.29, 0.717) is 5.92 Å². The molecule has 0 amide bonds. The van der Waals surface area contributed by atoms with Gasteiger partial charge in [-0.3, -0.25) is 0 Å². The fraction of sp³-hybridized carbons (Fsp3) is 0.375. The second-order valence-corrected chi connectivity index (χ2v) is 7.88. The van der Waals surface area contributed by atoms with Crippen molar-refractivity contribution < 1.29 is 4.52 Å². The van der Waals surface area contributed by atoms with Crippen LogP contribution in [0.4, 0.5) is 0 Å². The molecule has 5 rings (SSSR count). The average Bonchev–Trinajstić information content (AvgIpc) is 3.18. The Morgan fingerprint density at radius 3 is 2.56 bits per heavy atom. The molecule has 1 aliphatic heterocycles. The van der Waals surface area contributed by atoms with Crippen LogP contribution in [-0.4, -0.2) is 29.7 Å². The Hall–Kier alpha value is -2.39. The molecule has 3 aromatic rings. The van der Waals surface area contributed by atoms with Crippen molar-refractivity contribution in [3.05, 3.63) is 77.0 Å². The minimum atomic E-state index is 0.527. The van der Waals surface area contributed by atoms with Crippen molar-refractivity contribution in [2.45, 2.75) is 38.0 Å². The van der Waals surface area contributed by atoms with E-state index in [9.17, 15) is 0 Å². The molecule has 0 unspecified atom stereocenters. The van der Waals surface area contributed by atoms with Gasteiger partial charge in [0.05, 0.1) is 0 Å². The first-order valence-electron chi connectivity index (χ1n) is 10.2. The largest absolute Gasteiger partial charge is 0.360 e. The molecule has 0 radical (unpaired) electrons. The Morgan fingerprint density at radius 1 is 0.926 bits per heavy atom. The first kappa shape index (κ1) is 16.8. The van der Waals surface area contributed by atoms with E-state index >= 15 is 0 Å². The summed E-state index contributed by atoms with van der Waals surface area (Å²) in [4.78, 5) is 2.60. The van der Waals surface area contributed by atoms with Crippen molar-refractivity contribution >= 4 is 0 Å². The van der Waals surface area contributed by atoms with Gasteiger partial charge >= 0.3 is 0 Å². The highest BCUT2D eigenvalue weighted by Crippen LogP contribution is 2.39. The van der Waals surface area contributed by atoms with Crippen LogP contribution >= 0.6 is 0 Å². The van der Waals surface area contributed by atoms with Crippen LogP contribution in [0, 0.1) is 0 Å². The summed E-state index contributed by atoms with van der Waals surface area (Å²) in [6.45, 7) is 3.46. The van der Waals surface area contributed by atoms with Crippen LogP contribution in [0.15, 0.2) is 59.1 Å². The standard InChI is InChI=1S/C24H26N2O/c1-2-6-18(7-3-1)12-15-26-16-13-20(14-17-26)24-22-11-10-19-8-4-5-9-21(19)23(22)25-27-24/h1-9,20H,10-17H2. The van der Waals surface area contributed by atoms with E-state index in [4.69, 9.17) is 4.52 Å². The fourth-order valence-electron chi connectivity index (χ4n) is 4.68. The third kappa shape index (κ3) is 3.32. The summed E-state index contributed by atoms with van der Waals surface area (Å²) in [5.41, 5.74) is 6.58. The number of nitrogens with zero attached hydrogens (tertiary/aromatic N) is 2. The minimum Gasteiger partial charge on any atom is -0.360 e. The van der Waals surface area contributed by atoms with E-state index < -0.39 is 0 Å². The number of aryl methyl sites for hydroxylation is 1. The van der Waals surface area contributed by atoms with Gasteiger partial charge in [0.2, 0.25) is 0 Å². The lowest BCUT2D eigenvalue weighted by atomic mass is 9.84. The Labute approximate surface area is 161 Å². The molecule has 0 atom stereocenters. The Bertz CT molecular complexity index is 907. The van der Waals surface area contributed by atoms with Crippen LogP contribution in [0.1, 0.15) is 41.2 Å². The number of piperidine rings is 1. The molecule has 2 aliphatic rings. The second-order valence-electron chi connectivity index (χ2n) is 7.88. The van der Waals surface area contributed by atoms with Crippen molar-refractivity contribution in [1.29, 1.82) is 0 Å². The highest BCUT2D eigenvalue weighted by molar-refractivity contribution is 5.69. The third-order valence-electron chi connectivity index (χ3n) is 6.25. The molecule has 3 heteroatoms. The van der Waals surface area contributed by atoms with Crippen molar-refractivity contribution in [3.63, 3.8) is 0 Å². The van der Waals surface area contributed by atoms with Crippen LogP contribution in [0.3, 0.4) is 0 Å². The van der Waals surface area contributed by atoms with Crippen LogP contribution in [0.5, 0.6) is 0 Å². The van der Waals surface area contributed by atoms with Gasteiger partial charge in [0.1, 0.15) is 11.5 Å². The summed E-state index contributed by atoms with van der Waals surface area (Å²) in [7, 11) is 0. The van der Waals surface area contributed by atoms with Crippen molar-refractivity contribution in [2.75, 3.05) is 19.6 Å². The molecule has 1 fully saturated rings. The van der Waals surface area contributed by atoms with Gasteiger partial charge in [-0.25, -0.2) is 0 Å². The number of fused-ring (bicyclic) bond motifs is 3. The van der Waals surface area contributed by atoms with Gasteiger partial charge in [-0.1, -0.05) is 59.8 Å². The van der Waals surface area contributed by atoms with E-state index in [2.05, 4.69) is 64.7 Å². The van der Waals surface area contributed by atoms with Crippen molar-refractivity contribution in [2.24, 2.45) is 0 Å². The summed E-state index contributed by atoms with van der Waals surface area (Å²) in [5, 5.41) is 4.48. The average molecular weight is 358 g/mol. The van der Waals surface area contributed by atoms with Gasteiger partial charge in [0.15, 0.2) is 0 Å². The summed E-state index contributed by atoms with van der Waals surface area (Å²) in [6.07, 6.45) is 5.67. The molecule has 0 bridgehead atoms. The van der Waals surface area contributed by atoms with E-state index in [1.54, 1.807) is 0 Å². The van der Waals surface area contributed by atoms with Gasteiger partial charge in [-0.2, -0.15) is 0 Å². The van der Waals surface area contributed by atoms with E-state index in [-0.39, 0.29) is 0 Å². The first-order valence-corrected chi connectivity index (χ1v) is 10.2. The Kier molecular flexibility index (Phi) is 4.54. The summed E-state index contributed by atoms with van der Waals surface area (Å²) >= 11 is 0.